The number of hydrogen-bond acceptors (Lipinski definition) is 7. The van der Waals surface area contributed by atoms with Crippen molar-refractivity contribution in [1.29, 1.82) is 0 Å². The molecule has 3 fully saturated rings. The summed E-state index contributed by atoms with van der Waals surface area (Å²) in [5.41, 5.74) is 0. The molecule has 3 heterocycles. The Kier molecular flexibility index (Phi) is 5.33. The standard InChI is InChI=1S/C18H28N6O4/c1-10-20-22-24(21-10)14-6-16(18(27)28)23(9-14)8-11-2-3-12-7-19-15(17(25)26)5-13(12)4-11/h11-16,19H,2-9H2,1H3,(H,25,26)(H,27,28)/t11-,12-,13+,14-,15-,16-/m0/s1. The molecule has 0 aromatic carbocycles. The number of nitrogens with one attached hydrogen (secondary N) is 1. The first-order valence-corrected chi connectivity index (χ1v) is 10.1. The number of fused-ring (bicyclic) bond motifs is 1. The lowest BCUT2D eigenvalue weighted by molar-refractivity contribution is -0.143. The highest BCUT2D eigenvalue weighted by Gasteiger charge is 2.42. The maximum absolute atomic E-state index is 11.8. The number of nitrogens with zero attached hydrogens (tertiary/aromatic N) is 5. The molecule has 3 N–H and O–H groups in total. The Bertz CT molecular complexity index is 739. The minimum absolute atomic E-state index is 0.0751. The van der Waals surface area contributed by atoms with E-state index in [-0.39, 0.29) is 6.04 Å². The molecule has 0 bridgehead atoms. The number of aromatic nitrogens is 4. The molecule has 1 aromatic rings. The number of rotatable bonds is 5. The van der Waals surface area contributed by atoms with Gasteiger partial charge in [-0.2, -0.15) is 4.80 Å². The molecular weight excluding hydrogens is 364 g/mol. The fraction of sp³-hybridized carbons (Fsp3) is 0.833. The zero-order chi connectivity index (χ0) is 19.8. The van der Waals surface area contributed by atoms with Crippen molar-refractivity contribution in [1.82, 2.24) is 30.4 Å². The molecule has 10 nitrogen and oxygen atoms in total. The van der Waals surface area contributed by atoms with Crippen molar-refractivity contribution in [3.63, 3.8) is 0 Å². The van der Waals surface area contributed by atoms with Crippen molar-refractivity contribution in [2.24, 2.45) is 17.8 Å². The van der Waals surface area contributed by atoms with Crippen LogP contribution in [0.3, 0.4) is 0 Å². The number of hydrogen-bond donors (Lipinski definition) is 3. The van der Waals surface area contributed by atoms with Crippen LogP contribution in [0.1, 0.15) is 44.0 Å². The first kappa shape index (κ1) is 19.3. The SMILES string of the molecule is Cc1nnn([C@H]2C[C@@H](C(=O)O)N(C[C@H]3CC[C@H]4CN[C@H](C(=O)O)C[C@H]4C3)C2)n1. The maximum Gasteiger partial charge on any atom is 0.321 e. The van der Waals surface area contributed by atoms with Gasteiger partial charge < -0.3 is 15.5 Å². The Morgan fingerprint density at radius 2 is 1.96 bits per heavy atom. The van der Waals surface area contributed by atoms with Gasteiger partial charge in [0, 0.05) is 13.1 Å². The fourth-order valence-electron chi connectivity index (χ4n) is 5.31. The molecule has 0 radical (unpaired) electrons. The van der Waals surface area contributed by atoms with Crippen LogP contribution in [-0.4, -0.2) is 79.0 Å². The van der Waals surface area contributed by atoms with E-state index in [4.69, 9.17) is 0 Å². The van der Waals surface area contributed by atoms with Gasteiger partial charge in [0.05, 0.1) is 6.04 Å². The minimum atomic E-state index is -0.805. The van der Waals surface area contributed by atoms with E-state index in [2.05, 4.69) is 20.7 Å². The molecule has 6 atom stereocenters. The minimum Gasteiger partial charge on any atom is -0.480 e. The van der Waals surface area contributed by atoms with Gasteiger partial charge in [0.15, 0.2) is 5.82 Å². The zero-order valence-electron chi connectivity index (χ0n) is 16.1. The number of piperidine rings is 1. The predicted octanol–water partition coefficient (Wildman–Crippen LogP) is 0.161. The van der Waals surface area contributed by atoms with Crippen LogP contribution in [0.4, 0.5) is 0 Å². The number of tetrazole rings is 1. The van der Waals surface area contributed by atoms with Gasteiger partial charge in [-0.05, 0) is 68.5 Å². The molecule has 10 heteroatoms. The van der Waals surface area contributed by atoms with E-state index in [0.29, 0.717) is 43.0 Å². The molecule has 3 aliphatic rings. The average molecular weight is 392 g/mol. The predicted molar refractivity (Wildman–Crippen MR) is 97.6 cm³/mol. The van der Waals surface area contributed by atoms with Gasteiger partial charge in [-0.1, -0.05) is 0 Å². The van der Waals surface area contributed by atoms with Crippen LogP contribution >= 0.6 is 0 Å². The lowest BCUT2D eigenvalue weighted by Crippen LogP contribution is -2.50. The number of likely N-dealkylation sites (tertiary alicyclic amines) is 1. The third-order valence-electron chi connectivity index (χ3n) is 6.73. The Labute approximate surface area is 163 Å². The van der Waals surface area contributed by atoms with Crippen molar-refractivity contribution in [3.05, 3.63) is 5.82 Å². The van der Waals surface area contributed by atoms with Crippen molar-refractivity contribution >= 4 is 11.9 Å². The Balaban J connectivity index is 1.39. The van der Waals surface area contributed by atoms with Gasteiger partial charge in [-0.3, -0.25) is 14.5 Å². The lowest BCUT2D eigenvalue weighted by Gasteiger charge is -2.42. The highest BCUT2D eigenvalue weighted by atomic mass is 16.4. The summed E-state index contributed by atoms with van der Waals surface area (Å²) >= 11 is 0. The molecule has 154 valence electrons. The molecule has 28 heavy (non-hydrogen) atoms. The third-order valence-corrected chi connectivity index (χ3v) is 6.73. The number of carbonyl (C=O) groups is 2. The van der Waals surface area contributed by atoms with Crippen molar-refractivity contribution < 1.29 is 19.8 Å². The fourth-order valence-corrected chi connectivity index (χ4v) is 5.31. The van der Waals surface area contributed by atoms with Crippen LogP contribution in [0, 0.1) is 24.7 Å². The van der Waals surface area contributed by atoms with Crippen molar-refractivity contribution in [2.45, 2.75) is 57.2 Å². The molecule has 1 aromatic heterocycles. The molecule has 0 amide bonds. The van der Waals surface area contributed by atoms with Gasteiger partial charge in [0.1, 0.15) is 12.1 Å². The molecule has 4 rings (SSSR count). The first-order chi connectivity index (χ1) is 13.4. The number of carboxylic acids is 2. The summed E-state index contributed by atoms with van der Waals surface area (Å²) < 4.78 is 0. The van der Waals surface area contributed by atoms with E-state index in [1.54, 1.807) is 11.7 Å². The first-order valence-electron chi connectivity index (χ1n) is 10.1. The monoisotopic (exact) mass is 392 g/mol. The van der Waals surface area contributed by atoms with E-state index in [0.717, 1.165) is 32.4 Å². The van der Waals surface area contributed by atoms with Crippen LogP contribution in [0.2, 0.25) is 0 Å². The van der Waals surface area contributed by atoms with Crippen LogP contribution in [0.15, 0.2) is 0 Å². The normalized spacial score (nSPS) is 36.2. The summed E-state index contributed by atoms with van der Waals surface area (Å²) in [5, 5.41) is 34.3. The smallest absolute Gasteiger partial charge is 0.321 e. The number of carboxylic acid groups (broad SMARTS) is 2. The van der Waals surface area contributed by atoms with Crippen LogP contribution in [0.25, 0.3) is 0 Å². The number of aryl methyl sites for hydroxylation is 1. The van der Waals surface area contributed by atoms with Crippen LogP contribution in [-0.2, 0) is 9.59 Å². The summed E-state index contributed by atoms with van der Waals surface area (Å²) in [6.45, 7) is 3.88. The van der Waals surface area contributed by atoms with Gasteiger partial charge in [0.2, 0.25) is 0 Å². The van der Waals surface area contributed by atoms with E-state index < -0.39 is 24.0 Å². The van der Waals surface area contributed by atoms with Gasteiger partial charge in [0.25, 0.3) is 0 Å². The Hall–Kier alpha value is -2.07. The second kappa shape index (κ2) is 7.75. The topological polar surface area (TPSA) is 133 Å². The summed E-state index contributed by atoms with van der Waals surface area (Å²) in [7, 11) is 0. The average Bonchev–Trinajstić information content (AvgIpc) is 3.27. The van der Waals surface area contributed by atoms with E-state index in [1.165, 1.54) is 0 Å². The molecule has 2 aliphatic heterocycles. The molecule has 0 unspecified atom stereocenters. The Morgan fingerprint density at radius 3 is 2.64 bits per heavy atom. The molecular formula is C18H28N6O4. The largest absolute Gasteiger partial charge is 0.480 e. The van der Waals surface area contributed by atoms with Crippen molar-refractivity contribution in [2.75, 3.05) is 19.6 Å². The van der Waals surface area contributed by atoms with Crippen LogP contribution in [0.5, 0.6) is 0 Å². The van der Waals surface area contributed by atoms with Gasteiger partial charge in [-0.15, -0.1) is 10.2 Å². The molecule has 0 spiro atoms. The summed E-state index contributed by atoms with van der Waals surface area (Å²) in [4.78, 5) is 26.7. The van der Waals surface area contributed by atoms with Gasteiger partial charge in [-0.25, -0.2) is 0 Å². The second-order valence-electron chi connectivity index (χ2n) is 8.59. The van der Waals surface area contributed by atoms with Crippen molar-refractivity contribution in [3.8, 4) is 0 Å². The lowest BCUT2D eigenvalue weighted by atomic mass is 9.69. The van der Waals surface area contributed by atoms with Gasteiger partial charge >= 0.3 is 11.9 Å². The summed E-state index contributed by atoms with van der Waals surface area (Å²) in [6.07, 6.45) is 4.27. The molecule has 1 aliphatic carbocycles. The zero-order valence-corrected chi connectivity index (χ0v) is 16.1. The number of aliphatic carboxylic acids is 2. The summed E-state index contributed by atoms with van der Waals surface area (Å²) in [6, 6.07) is -1.06. The van der Waals surface area contributed by atoms with E-state index in [9.17, 15) is 19.8 Å². The maximum atomic E-state index is 11.8. The highest BCUT2D eigenvalue weighted by Crippen LogP contribution is 2.40. The summed E-state index contributed by atoms with van der Waals surface area (Å²) in [5.74, 6) is 0.353. The quantitative estimate of drug-likeness (QED) is 0.640. The molecule has 1 saturated carbocycles. The second-order valence-corrected chi connectivity index (χ2v) is 8.59. The molecule has 2 saturated heterocycles. The highest BCUT2D eigenvalue weighted by molar-refractivity contribution is 5.74. The van der Waals surface area contributed by atoms with E-state index >= 15 is 0 Å². The third kappa shape index (κ3) is 3.88. The van der Waals surface area contributed by atoms with Crippen LogP contribution < -0.4 is 5.32 Å². The Morgan fingerprint density at radius 1 is 1.14 bits per heavy atom. The van der Waals surface area contributed by atoms with E-state index in [1.807, 2.05) is 4.90 Å².